The van der Waals surface area contributed by atoms with Crippen LogP contribution in [0.1, 0.15) is 13.8 Å². The van der Waals surface area contributed by atoms with Crippen LogP contribution in [-0.2, 0) is 19.1 Å². The average Bonchev–Trinajstić information content (AvgIpc) is 2.16. The molecule has 0 aliphatic carbocycles. The number of carbonyl (C=O) groups excluding carboxylic acids is 2. The molecule has 0 bridgehead atoms. The van der Waals surface area contributed by atoms with E-state index in [1.165, 1.54) is 6.92 Å². The van der Waals surface area contributed by atoms with Crippen LogP contribution in [0.15, 0.2) is 12.3 Å². The van der Waals surface area contributed by atoms with Gasteiger partial charge >= 0.3 is 5.97 Å². The number of Topliss-reactive ketones (excluding diaryl/α,β-unsaturated/α-hetero) is 1. The summed E-state index contributed by atoms with van der Waals surface area (Å²) in [4.78, 5) is 21.7. The highest BCUT2D eigenvalue weighted by Gasteiger charge is 2.38. The Balaban J connectivity index is 2.70. The Morgan fingerprint density at radius 3 is 2.58 bits per heavy atom. The minimum absolute atomic E-state index is 0.211. The topological polar surface area (TPSA) is 52.6 Å². The van der Waals surface area contributed by atoms with E-state index in [0.29, 0.717) is 0 Å². The van der Waals surface area contributed by atoms with Gasteiger partial charge in [0.2, 0.25) is 11.9 Å². The molecule has 1 saturated heterocycles. The van der Waals surface area contributed by atoms with Gasteiger partial charge in [-0.2, -0.15) is 0 Å². The number of ketones is 1. The van der Waals surface area contributed by atoms with Gasteiger partial charge in [0.05, 0.1) is 0 Å². The summed E-state index contributed by atoms with van der Waals surface area (Å²) in [7, 11) is 0. The van der Waals surface area contributed by atoms with E-state index in [1.807, 2.05) is 0 Å². The molecule has 12 heavy (non-hydrogen) atoms. The smallest absolute Gasteiger partial charge is 0.303 e. The first-order chi connectivity index (χ1) is 5.52. The van der Waals surface area contributed by atoms with Crippen molar-refractivity contribution in [3.8, 4) is 0 Å². The van der Waals surface area contributed by atoms with Crippen LogP contribution in [0.25, 0.3) is 0 Å². The highest BCUT2D eigenvalue weighted by Crippen LogP contribution is 2.21. The molecule has 0 spiro atoms. The van der Waals surface area contributed by atoms with E-state index in [9.17, 15) is 9.59 Å². The number of rotatable bonds is 1. The molecule has 1 fully saturated rings. The molecule has 4 nitrogen and oxygen atoms in total. The van der Waals surface area contributed by atoms with E-state index in [-0.39, 0.29) is 11.5 Å². The molecule has 0 aromatic heterocycles. The monoisotopic (exact) mass is 170 g/mol. The predicted octanol–water partition coefficient (Wildman–Crippen LogP) is 0.420. The molecule has 1 heterocycles. The molecule has 2 atom stereocenters. The van der Waals surface area contributed by atoms with Crippen molar-refractivity contribution in [1.29, 1.82) is 0 Å². The van der Waals surface area contributed by atoms with Crippen LogP contribution in [0.5, 0.6) is 0 Å². The van der Waals surface area contributed by atoms with Gasteiger partial charge in [0.1, 0.15) is 5.76 Å². The third-order valence-electron chi connectivity index (χ3n) is 1.56. The van der Waals surface area contributed by atoms with Crippen LogP contribution in [0.4, 0.5) is 0 Å². The zero-order chi connectivity index (χ0) is 9.30. The van der Waals surface area contributed by atoms with Crippen LogP contribution in [0.3, 0.4) is 0 Å². The number of esters is 1. The highest BCUT2D eigenvalue weighted by atomic mass is 16.6. The summed E-state index contributed by atoms with van der Waals surface area (Å²) in [6.07, 6.45) is -1.46. The number of hydrogen-bond acceptors (Lipinski definition) is 4. The molecular weight excluding hydrogens is 160 g/mol. The van der Waals surface area contributed by atoms with Crippen molar-refractivity contribution < 1.29 is 19.1 Å². The maximum atomic E-state index is 11.2. The molecule has 0 amide bonds. The van der Waals surface area contributed by atoms with Gasteiger partial charge in [0.15, 0.2) is 6.10 Å². The van der Waals surface area contributed by atoms with Crippen LogP contribution in [-0.4, -0.2) is 24.0 Å². The van der Waals surface area contributed by atoms with E-state index >= 15 is 0 Å². The zero-order valence-corrected chi connectivity index (χ0v) is 6.99. The average molecular weight is 170 g/mol. The number of ether oxygens (including phenoxy) is 2. The molecule has 4 heteroatoms. The fourth-order valence-electron chi connectivity index (χ4n) is 1.01. The second kappa shape index (κ2) is 2.97. The second-order valence-electron chi connectivity index (χ2n) is 2.62. The van der Waals surface area contributed by atoms with Crippen molar-refractivity contribution in [3.05, 3.63) is 12.3 Å². The van der Waals surface area contributed by atoms with Crippen LogP contribution in [0, 0.1) is 0 Å². The molecule has 2 unspecified atom stereocenters. The first kappa shape index (κ1) is 8.77. The summed E-state index contributed by atoms with van der Waals surface area (Å²) in [6.45, 7) is 6.30. The SMILES string of the molecule is C=C1OC(C)C(=O)C1OC(C)=O. The van der Waals surface area contributed by atoms with Crippen molar-refractivity contribution in [3.63, 3.8) is 0 Å². The summed E-state index contributed by atoms with van der Waals surface area (Å²) in [5, 5.41) is 0. The zero-order valence-electron chi connectivity index (χ0n) is 6.99. The Morgan fingerprint density at radius 1 is 1.67 bits per heavy atom. The highest BCUT2D eigenvalue weighted by molar-refractivity contribution is 5.93. The van der Waals surface area contributed by atoms with E-state index < -0.39 is 18.2 Å². The minimum atomic E-state index is -0.905. The lowest BCUT2D eigenvalue weighted by Crippen LogP contribution is -2.25. The molecule has 0 aromatic carbocycles. The van der Waals surface area contributed by atoms with Crippen molar-refractivity contribution in [2.75, 3.05) is 0 Å². The first-order valence-electron chi connectivity index (χ1n) is 3.58. The Hall–Kier alpha value is -1.32. The molecule has 1 aliphatic heterocycles. The van der Waals surface area contributed by atoms with Crippen molar-refractivity contribution >= 4 is 11.8 Å². The van der Waals surface area contributed by atoms with Crippen LogP contribution < -0.4 is 0 Å². The first-order valence-corrected chi connectivity index (χ1v) is 3.58. The summed E-state index contributed by atoms with van der Waals surface area (Å²) in [5.41, 5.74) is 0. The quantitative estimate of drug-likeness (QED) is 0.535. The van der Waals surface area contributed by atoms with Gasteiger partial charge in [-0.1, -0.05) is 6.58 Å². The molecular formula is C8H10O4. The fourth-order valence-corrected chi connectivity index (χ4v) is 1.01. The third kappa shape index (κ3) is 1.47. The number of hydrogen-bond donors (Lipinski definition) is 0. The molecule has 0 aromatic rings. The van der Waals surface area contributed by atoms with Crippen LogP contribution in [0.2, 0.25) is 0 Å². The summed E-state index contributed by atoms with van der Waals surface area (Å²) in [6, 6.07) is 0. The van der Waals surface area contributed by atoms with Crippen molar-refractivity contribution in [2.45, 2.75) is 26.1 Å². The molecule has 66 valence electrons. The normalized spacial score (nSPS) is 28.5. The van der Waals surface area contributed by atoms with Gasteiger partial charge in [-0.15, -0.1) is 0 Å². The molecule has 0 N–H and O–H groups in total. The molecule has 0 saturated carbocycles. The molecule has 1 rings (SSSR count). The summed E-state index contributed by atoms with van der Waals surface area (Å²) in [5.74, 6) is -0.551. The van der Waals surface area contributed by atoms with E-state index in [1.54, 1.807) is 6.92 Å². The van der Waals surface area contributed by atoms with Gasteiger partial charge in [0, 0.05) is 6.92 Å². The van der Waals surface area contributed by atoms with E-state index in [0.717, 1.165) is 0 Å². The van der Waals surface area contributed by atoms with Crippen molar-refractivity contribution in [1.82, 2.24) is 0 Å². The van der Waals surface area contributed by atoms with Crippen molar-refractivity contribution in [2.24, 2.45) is 0 Å². The van der Waals surface area contributed by atoms with E-state index in [2.05, 4.69) is 6.58 Å². The molecule has 0 radical (unpaired) electrons. The Labute approximate surface area is 70.1 Å². The summed E-state index contributed by atoms with van der Waals surface area (Å²) < 4.78 is 9.66. The van der Waals surface area contributed by atoms with Gasteiger partial charge in [-0.3, -0.25) is 9.59 Å². The second-order valence-corrected chi connectivity index (χ2v) is 2.62. The van der Waals surface area contributed by atoms with Gasteiger partial charge in [0.25, 0.3) is 0 Å². The van der Waals surface area contributed by atoms with Gasteiger partial charge < -0.3 is 9.47 Å². The minimum Gasteiger partial charge on any atom is -0.483 e. The predicted molar refractivity (Wildman–Crippen MR) is 40.2 cm³/mol. The fraction of sp³-hybridized carbons (Fsp3) is 0.500. The van der Waals surface area contributed by atoms with Gasteiger partial charge in [-0.05, 0) is 6.92 Å². The Morgan fingerprint density at radius 2 is 2.25 bits per heavy atom. The Kier molecular flexibility index (Phi) is 2.17. The maximum absolute atomic E-state index is 11.2. The van der Waals surface area contributed by atoms with Crippen LogP contribution >= 0.6 is 0 Å². The largest absolute Gasteiger partial charge is 0.483 e. The lowest BCUT2D eigenvalue weighted by molar-refractivity contribution is -0.149. The molecule has 1 aliphatic rings. The number of carbonyl (C=O) groups is 2. The lowest BCUT2D eigenvalue weighted by Gasteiger charge is -2.06. The summed E-state index contributed by atoms with van der Waals surface area (Å²) >= 11 is 0. The third-order valence-corrected chi connectivity index (χ3v) is 1.56. The maximum Gasteiger partial charge on any atom is 0.303 e. The lowest BCUT2D eigenvalue weighted by atomic mass is 10.2. The Bertz CT molecular complexity index is 243. The van der Waals surface area contributed by atoms with Gasteiger partial charge in [-0.25, -0.2) is 0 Å². The standard InChI is InChI=1S/C8H10O4/c1-4-7(10)8(5(2)11-4)12-6(3)9/h4,8H,2H2,1,3H3. The van der Waals surface area contributed by atoms with E-state index in [4.69, 9.17) is 9.47 Å².